The first-order chi connectivity index (χ1) is 74.4. The van der Waals surface area contributed by atoms with Crippen LogP contribution in [-0.4, -0.2) is 13.7 Å². The molecule has 3 heterocycles. The average molecular weight is 1910 g/mol. The molecule has 0 atom stereocenters. The SMILES string of the molecule is c1ccc(-c2ccc(N(c3cccc(-c4ccccc4)c3)c3ccc4cc5c(cc4c3)c3ccccc3n5-c3ccc(-c4ccccc4)cc3)cc2)cc1.c1ccc(-c2ccc(N(c3cccc(-c4ccccc4)c3)c3ccc4cc5c(cc4c3)c3ccccc3n5-c3ccccc3)cc2)cc1.c1ccc(-c2ccc(N(c3cccc(-c4ccccc4)c3)c3ccc4cc5c(cc4c3)c3ccccc3n5-c3ccccc3)cc2)cc1. The van der Waals surface area contributed by atoms with E-state index in [0.717, 1.165) is 56.9 Å². The smallest absolute Gasteiger partial charge is 0.0547 e. The summed E-state index contributed by atoms with van der Waals surface area (Å²) in [6.07, 6.45) is 0. The largest absolute Gasteiger partial charge is 0.310 e. The predicted molar refractivity (Wildman–Crippen MR) is 637 cm³/mol. The molecule has 0 aliphatic rings. The number of anilines is 9. The lowest BCUT2D eigenvalue weighted by atomic mass is 10.0. The summed E-state index contributed by atoms with van der Waals surface area (Å²) in [5.41, 5.74) is 37.6. The molecule has 0 radical (unpaired) electrons. The number of fused-ring (bicyclic) bond motifs is 12. The zero-order valence-corrected chi connectivity index (χ0v) is 82.4. The predicted octanol–water partition coefficient (Wildman–Crippen LogP) is 39.9. The summed E-state index contributed by atoms with van der Waals surface area (Å²) < 4.78 is 7.17. The highest BCUT2D eigenvalue weighted by atomic mass is 15.2. The summed E-state index contributed by atoms with van der Waals surface area (Å²) in [6, 6.07) is 219. The fourth-order valence-electron chi connectivity index (χ4n) is 21.9. The van der Waals surface area contributed by atoms with Gasteiger partial charge in [-0.3, -0.25) is 0 Å². The van der Waals surface area contributed by atoms with Crippen LogP contribution < -0.4 is 14.7 Å². The molecule has 28 aromatic rings. The molecule has 150 heavy (non-hydrogen) atoms. The minimum atomic E-state index is 1.11. The molecule has 0 saturated carbocycles. The van der Waals surface area contributed by atoms with Crippen LogP contribution in [0.3, 0.4) is 0 Å². The summed E-state index contributed by atoms with van der Waals surface area (Å²) in [6.45, 7) is 0. The summed E-state index contributed by atoms with van der Waals surface area (Å²) in [7, 11) is 0. The number of rotatable bonds is 19. The van der Waals surface area contributed by atoms with Crippen molar-refractivity contribution in [2.24, 2.45) is 0 Å². The van der Waals surface area contributed by atoms with Crippen molar-refractivity contribution in [1.82, 2.24) is 13.7 Å². The van der Waals surface area contributed by atoms with Gasteiger partial charge in [0.15, 0.2) is 0 Å². The molecule has 706 valence electrons. The maximum atomic E-state index is 2.41. The molecule has 25 aromatic carbocycles. The molecule has 0 fully saturated rings. The van der Waals surface area contributed by atoms with Crippen molar-refractivity contribution in [3.8, 4) is 95.0 Å². The van der Waals surface area contributed by atoms with Crippen LogP contribution in [0.15, 0.2) is 607 Å². The van der Waals surface area contributed by atoms with E-state index in [1.807, 2.05) is 0 Å². The van der Waals surface area contributed by atoms with Crippen LogP contribution in [-0.2, 0) is 0 Å². The molecule has 0 bridgehead atoms. The average Bonchev–Trinajstić information content (AvgIpc) is 1.57. The van der Waals surface area contributed by atoms with E-state index in [2.05, 4.69) is 635 Å². The van der Waals surface area contributed by atoms with Crippen molar-refractivity contribution in [3.63, 3.8) is 0 Å². The van der Waals surface area contributed by atoms with Gasteiger partial charge in [-0.05, 0) is 310 Å². The van der Waals surface area contributed by atoms with Gasteiger partial charge in [-0.25, -0.2) is 0 Å². The summed E-state index contributed by atoms with van der Waals surface area (Å²) in [4.78, 5) is 7.12. The molecule has 0 saturated heterocycles. The highest BCUT2D eigenvalue weighted by molar-refractivity contribution is 6.17. The second-order valence-electron chi connectivity index (χ2n) is 38.3. The van der Waals surface area contributed by atoms with E-state index in [1.54, 1.807) is 0 Å². The first-order valence-electron chi connectivity index (χ1n) is 51.4. The Morgan fingerprint density at radius 3 is 0.553 bits per heavy atom. The van der Waals surface area contributed by atoms with E-state index in [9.17, 15) is 0 Å². The Kier molecular flexibility index (Phi) is 24.0. The van der Waals surface area contributed by atoms with E-state index in [1.165, 1.54) is 187 Å². The van der Waals surface area contributed by atoms with E-state index in [0.29, 0.717) is 0 Å². The minimum Gasteiger partial charge on any atom is -0.310 e. The van der Waals surface area contributed by atoms with Gasteiger partial charge in [0, 0.05) is 101 Å². The van der Waals surface area contributed by atoms with E-state index in [-0.39, 0.29) is 0 Å². The molecule has 28 rings (SSSR count). The number of benzene rings is 25. The Morgan fingerprint density at radius 1 is 0.100 bits per heavy atom. The van der Waals surface area contributed by atoms with E-state index >= 15 is 0 Å². The first-order valence-corrected chi connectivity index (χ1v) is 51.4. The van der Waals surface area contributed by atoms with Gasteiger partial charge in [0.2, 0.25) is 0 Å². The fraction of sp³-hybridized carbons (Fsp3) is 0. The Bertz CT molecular complexity index is 9380. The van der Waals surface area contributed by atoms with Gasteiger partial charge < -0.3 is 28.4 Å². The first kappa shape index (κ1) is 90.1. The van der Waals surface area contributed by atoms with Crippen molar-refractivity contribution in [2.45, 2.75) is 0 Å². The molecule has 0 aliphatic carbocycles. The number of hydrogen-bond acceptors (Lipinski definition) is 3. The minimum absolute atomic E-state index is 1.11. The third-order valence-corrected chi connectivity index (χ3v) is 29.2. The third-order valence-electron chi connectivity index (χ3n) is 29.2. The summed E-state index contributed by atoms with van der Waals surface area (Å²) >= 11 is 0. The van der Waals surface area contributed by atoms with Gasteiger partial charge in [-0.2, -0.15) is 0 Å². The molecule has 0 unspecified atom stereocenters. The molecule has 0 aliphatic heterocycles. The Morgan fingerprint density at radius 2 is 0.293 bits per heavy atom. The van der Waals surface area contributed by atoms with E-state index in [4.69, 9.17) is 0 Å². The van der Waals surface area contributed by atoms with Crippen molar-refractivity contribution in [3.05, 3.63) is 607 Å². The van der Waals surface area contributed by atoms with Crippen molar-refractivity contribution in [2.75, 3.05) is 14.7 Å². The highest BCUT2D eigenvalue weighted by Crippen LogP contribution is 2.48. The third kappa shape index (κ3) is 17.7. The second kappa shape index (κ2) is 40.0. The molecular formula is C144H100N6. The number of para-hydroxylation sites is 5. The molecule has 0 spiro atoms. The van der Waals surface area contributed by atoms with Gasteiger partial charge in [0.1, 0.15) is 0 Å². The molecule has 6 nitrogen and oxygen atoms in total. The highest BCUT2D eigenvalue weighted by Gasteiger charge is 2.24. The quantitative estimate of drug-likeness (QED) is 0.0806. The van der Waals surface area contributed by atoms with Crippen molar-refractivity contribution < 1.29 is 0 Å². The van der Waals surface area contributed by atoms with Crippen LogP contribution in [0.25, 0.3) is 193 Å². The van der Waals surface area contributed by atoms with Crippen LogP contribution in [0.5, 0.6) is 0 Å². The normalized spacial score (nSPS) is 11.3. The summed E-state index contributed by atoms with van der Waals surface area (Å²) in [5.74, 6) is 0. The molecule has 0 N–H and O–H groups in total. The number of nitrogens with zero attached hydrogens (tertiary/aromatic N) is 6. The topological polar surface area (TPSA) is 24.5 Å². The molecule has 3 aromatic heterocycles. The lowest BCUT2D eigenvalue weighted by Crippen LogP contribution is -2.10. The van der Waals surface area contributed by atoms with Crippen molar-refractivity contribution >= 4 is 149 Å². The molecule has 0 amide bonds. The second-order valence-corrected chi connectivity index (χ2v) is 38.3. The van der Waals surface area contributed by atoms with Crippen molar-refractivity contribution in [1.29, 1.82) is 0 Å². The van der Waals surface area contributed by atoms with Crippen LogP contribution in [0.1, 0.15) is 0 Å². The monoisotopic (exact) mass is 1910 g/mol. The number of aromatic nitrogens is 3. The van der Waals surface area contributed by atoms with Crippen LogP contribution >= 0.6 is 0 Å². The van der Waals surface area contributed by atoms with Crippen LogP contribution in [0, 0.1) is 0 Å². The fourth-order valence-corrected chi connectivity index (χ4v) is 21.9. The van der Waals surface area contributed by atoms with Crippen LogP contribution in [0.4, 0.5) is 51.2 Å². The van der Waals surface area contributed by atoms with Gasteiger partial charge in [-0.1, -0.05) is 406 Å². The number of hydrogen-bond donors (Lipinski definition) is 0. The molecule has 6 heteroatoms. The zero-order valence-electron chi connectivity index (χ0n) is 82.4. The Hall–Kier alpha value is -19.9. The molecular weight excluding hydrogens is 1810 g/mol. The standard InChI is InChI=1S/C52H36N2.2C46H32N2/c1-4-13-37(14-5-1)40-23-28-45(29-24-40)53(47-20-12-19-42(33-47)39-17-8-3-9-18-39)48-32-27-43-36-52-50(35-44(43)34-48)49-21-10-11-22-51(49)54(52)46-30-25-41(26-31-46)38-15-6-2-7-16-38;2*1-4-13-33(14-5-1)35-23-26-40(27-24-35)47(41-20-12-17-36(29-41)34-15-6-2-7-16-34)42-28-25-37-32-46-44(31-38(37)30-42)43-21-10-11-22-45(43)48(46)39-18-8-3-9-19-39/h1-36H;2*1-32H. The van der Waals surface area contributed by atoms with Gasteiger partial charge in [-0.15, -0.1) is 0 Å². The lowest BCUT2D eigenvalue weighted by molar-refractivity contribution is 1.18. The maximum Gasteiger partial charge on any atom is 0.0547 e. The Labute approximate surface area is 872 Å². The zero-order chi connectivity index (χ0) is 99.6. The lowest BCUT2D eigenvalue weighted by Gasteiger charge is -2.26. The summed E-state index contributed by atoms with van der Waals surface area (Å²) in [5, 5.41) is 14.8. The maximum absolute atomic E-state index is 2.41. The Balaban J connectivity index is 0.000000114. The van der Waals surface area contributed by atoms with Crippen LogP contribution in [0.2, 0.25) is 0 Å². The van der Waals surface area contributed by atoms with Gasteiger partial charge in [0.25, 0.3) is 0 Å². The van der Waals surface area contributed by atoms with Gasteiger partial charge >= 0.3 is 0 Å². The van der Waals surface area contributed by atoms with E-state index < -0.39 is 0 Å². The van der Waals surface area contributed by atoms with Gasteiger partial charge in [0.05, 0.1) is 33.1 Å².